The number of ether oxygens (including phenoxy) is 1. The van der Waals surface area contributed by atoms with Crippen LogP contribution in [-0.2, 0) is 4.79 Å². The summed E-state index contributed by atoms with van der Waals surface area (Å²) in [5.41, 5.74) is 0.601. The van der Waals surface area contributed by atoms with Gasteiger partial charge in [-0.25, -0.2) is 0 Å². The third kappa shape index (κ3) is 1.48. The SMILES string of the molecule is O=C1Nc2ccccc2OCC1O. The van der Waals surface area contributed by atoms with Gasteiger partial charge in [0.2, 0.25) is 0 Å². The van der Waals surface area contributed by atoms with E-state index in [9.17, 15) is 9.90 Å². The van der Waals surface area contributed by atoms with Crippen LogP contribution in [0.5, 0.6) is 5.75 Å². The van der Waals surface area contributed by atoms with E-state index < -0.39 is 12.0 Å². The molecule has 1 aromatic carbocycles. The third-order valence-corrected chi connectivity index (χ3v) is 1.84. The van der Waals surface area contributed by atoms with Crippen LogP contribution in [0.25, 0.3) is 0 Å². The lowest BCUT2D eigenvalue weighted by Gasteiger charge is -2.04. The van der Waals surface area contributed by atoms with Gasteiger partial charge in [0.1, 0.15) is 12.4 Å². The van der Waals surface area contributed by atoms with Crippen LogP contribution in [0.2, 0.25) is 0 Å². The maximum Gasteiger partial charge on any atom is 0.256 e. The van der Waals surface area contributed by atoms with Gasteiger partial charge in [0.25, 0.3) is 5.91 Å². The van der Waals surface area contributed by atoms with Crippen molar-refractivity contribution in [2.75, 3.05) is 11.9 Å². The number of aliphatic hydroxyl groups is 1. The first-order valence-electron chi connectivity index (χ1n) is 3.98. The molecular weight excluding hydrogens is 170 g/mol. The molecule has 13 heavy (non-hydrogen) atoms. The summed E-state index contributed by atoms with van der Waals surface area (Å²) in [5, 5.41) is 11.8. The van der Waals surface area contributed by atoms with Crippen LogP contribution in [0, 0.1) is 0 Å². The van der Waals surface area contributed by atoms with Gasteiger partial charge in [0.15, 0.2) is 6.10 Å². The Kier molecular flexibility index (Phi) is 1.90. The fourth-order valence-corrected chi connectivity index (χ4v) is 1.16. The fourth-order valence-electron chi connectivity index (χ4n) is 1.16. The molecule has 1 amide bonds. The van der Waals surface area contributed by atoms with Crippen molar-refractivity contribution in [2.24, 2.45) is 0 Å². The summed E-state index contributed by atoms with van der Waals surface area (Å²) in [6.07, 6.45) is -1.09. The van der Waals surface area contributed by atoms with Crippen LogP contribution in [0.1, 0.15) is 0 Å². The monoisotopic (exact) mass is 179 g/mol. The number of rotatable bonds is 0. The average Bonchev–Trinajstić information content (AvgIpc) is 2.28. The zero-order valence-corrected chi connectivity index (χ0v) is 6.86. The number of hydrogen-bond acceptors (Lipinski definition) is 3. The summed E-state index contributed by atoms with van der Waals surface area (Å²) >= 11 is 0. The molecule has 1 atom stereocenters. The number of nitrogens with one attached hydrogen (secondary N) is 1. The molecule has 1 aliphatic rings. The topological polar surface area (TPSA) is 58.6 Å². The van der Waals surface area contributed by atoms with Gasteiger partial charge in [-0.1, -0.05) is 12.1 Å². The van der Waals surface area contributed by atoms with E-state index in [1.165, 1.54) is 0 Å². The highest BCUT2D eigenvalue weighted by Crippen LogP contribution is 2.25. The van der Waals surface area contributed by atoms with E-state index in [2.05, 4.69) is 5.32 Å². The van der Waals surface area contributed by atoms with E-state index in [-0.39, 0.29) is 6.61 Å². The molecule has 0 aliphatic carbocycles. The molecule has 4 nitrogen and oxygen atoms in total. The van der Waals surface area contributed by atoms with Gasteiger partial charge in [0.05, 0.1) is 5.69 Å². The number of carbonyl (C=O) groups excluding carboxylic acids is 1. The smallest absolute Gasteiger partial charge is 0.256 e. The van der Waals surface area contributed by atoms with Crippen molar-refractivity contribution in [3.8, 4) is 5.75 Å². The maximum atomic E-state index is 11.1. The zero-order chi connectivity index (χ0) is 9.26. The van der Waals surface area contributed by atoms with Crippen molar-refractivity contribution >= 4 is 11.6 Å². The van der Waals surface area contributed by atoms with Gasteiger partial charge in [-0.05, 0) is 12.1 Å². The molecule has 2 N–H and O–H groups in total. The van der Waals surface area contributed by atoms with Crippen LogP contribution in [-0.4, -0.2) is 23.7 Å². The minimum atomic E-state index is -1.09. The quantitative estimate of drug-likeness (QED) is 0.605. The fraction of sp³-hybridized carbons (Fsp3) is 0.222. The Hall–Kier alpha value is -1.55. The second kappa shape index (κ2) is 3.06. The minimum absolute atomic E-state index is 0.00282. The largest absolute Gasteiger partial charge is 0.488 e. The molecule has 68 valence electrons. The number of fused-ring (bicyclic) bond motifs is 1. The number of amides is 1. The molecule has 4 heteroatoms. The maximum absolute atomic E-state index is 11.1. The molecule has 1 aliphatic heterocycles. The van der Waals surface area contributed by atoms with Crippen LogP contribution in [0.15, 0.2) is 24.3 Å². The van der Waals surface area contributed by atoms with E-state index in [1.54, 1.807) is 18.2 Å². The Morgan fingerprint density at radius 3 is 3.08 bits per heavy atom. The van der Waals surface area contributed by atoms with Crippen LogP contribution < -0.4 is 10.1 Å². The van der Waals surface area contributed by atoms with Crippen molar-refractivity contribution in [2.45, 2.75) is 6.10 Å². The highest BCUT2D eigenvalue weighted by atomic mass is 16.5. The molecule has 1 unspecified atom stereocenters. The van der Waals surface area contributed by atoms with Crippen LogP contribution in [0.3, 0.4) is 0 Å². The molecular formula is C9H9NO3. The summed E-state index contributed by atoms with van der Waals surface area (Å²) in [6, 6.07) is 7.07. The Bertz CT molecular complexity index is 337. The van der Waals surface area contributed by atoms with Gasteiger partial charge in [0, 0.05) is 0 Å². The van der Waals surface area contributed by atoms with E-state index >= 15 is 0 Å². The standard InChI is InChI=1S/C9H9NO3/c11-7-5-13-8-4-2-1-3-6(8)10-9(7)12/h1-4,7,11H,5H2,(H,10,12). The zero-order valence-electron chi connectivity index (χ0n) is 6.86. The number of benzene rings is 1. The van der Waals surface area contributed by atoms with E-state index in [0.29, 0.717) is 11.4 Å². The first-order chi connectivity index (χ1) is 6.27. The summed E-state index contributed by atoms with van der Waals surface area (Å²) in [6.45, 7) is 0.00282. The average molecular weight is 179 g/mol. The molecule has 1 aromatic rings. The summed E-state index contributed by atoms with van der Waals surface area (Å²) in [5.74, 6) is 0.164. The minimum Gasteiger partial charge on any atom is -0.488 e. The number of carbonyl (C=O) groups is 1. The Balaban J connectivity index is 2.35. The van der Waals surface area contributed by atoms with Crippen LogP contribution in [0.4, 0.5) is 5.69 Å². The predicted octanol–water partition coefficient (Wildman–Crippen LogP) is 0.378. The lowest BCUT2D eigenvalue weighted by Crippen LogP contribution is -2.30. The van der Waals surface area contributed by atoms with Crippen molar-refractivity contribution in [3.63, 3.8) is 0 Å². The van der Waals surface area contributed by atoms with Gasteiger partial charge in [-0.3, -0.25) is 4.79 Å². The van der Waals surface area contributed by atoms with Gasteiger partial charge < -0.3 is 15.2 Å². The molecule has 0 fully saturated rings. The lowest BCUT2D eigenvalue weighted by molar-refractivity contribution is -0.124. The normalized spacial score (nSPS) is 21.0. The van der Waals surface area contributed by atoms with E-state index in [0.717, 1.165) is 0 Å². The molecule has 0 spiro atoms. The predicted molar refractivity (Wildman–Crippen MR) is 46.6 cm³/mol. The Morgan fingerprint density at radius 2 is 2.23 bits per heavy atom. The van der Waals surface area contributed by atoms with E-state index in [1.807, 2.05) is 6.07 Å². The summed E-state index contributed by atoms with van der Waals surface area (Å²) in [4.78, 5) is 11.1. The summed E-state index contributed by atoms with van der Waals surface area (Å²) < 4.78 is 5.20. The second-order valence-corrected chi connectivity index (χ2v) is 2.81. The highest BCUT2D eigenvalue weighted by molar-refractivity contribution is 5.96. The molecule has 0 saturated heterocycles. The highest BCUT2D eigenvalue weighted by Gasteiger charge is 2.21. The van der Waals surface area contributed by atoms with Gasteiger partial charge in [-0.2, -0.15) is 0 Å². The second-order valence-electron chi connectivity index (χ2n) is 2.81. The Labute approximate surface area is 75.1 Å². The number of para-hydroxylation sites is 2. The van der Waals surface area contributed by atoms with Crippen LogP contribution >= 0.6 is 0 Å². The lowest BCUT2D eigenvalue weighted by atomic mass is 10.3. The molecule has 0 aromatic heterocycles. The molecule has 1 heterocycles. The number of hydrogen-bond donors (Lipinski definition) is 2. The third-order valence-electron chi connectivity index (χ3n) is 1.84. The Morgan fingerprint density at radius 1 is 1.46 bits per heavy atom. The first-order valence-corrected chi connectivity index (χ1v) is 3.98. The van der Waals surface area contributed by atoms with Crippen molar-refractivity contribution in [1.29, 1.82) is 0 Å². The van der Waals surface area contributed by atoms with E-state index in [4.69, 9.17) is 4.74 Å². The molecule has 0 bridgehead atoms. The van der Waals surface area contributed by atoms with Crippen molar-refractivity contribution in [3.05, 3.63) is 24.3 Å². The van der Waals surface area contributed by atoms with Gasteiger partial charge in [-0.15, -0.1) is 0 Å². The van der Waals surface area contributed by atoms with Gasteiger partial charge >= 0.3 is 0 Å². The van der Waals surface area contributed by atoms with Crippen molar-refractivity contribution < 1.29 is 14.6 Å². The first kappa shape index (κ1) is 8.07. The molecule has 0 radical (unpaired) electrons. The number of aliphatic hydroxyl groups excluding tert-OH is 1. The number of anilines is 1. The molecule has 2 rings (SSSR count). The molecule has 0 saturated carbocycles. The summed E-state index contributed by atoms with van der Waals surface area (Å²) in [7, 11) is 0. The van der Waals surface area contributed by atoms with Crippen molar-refractivity contribution in [1.82, 2.24) is 0 Å².